The van der Waals surface area contributed by atoms with Gasteiger partial charge in [-0.2, -0.15) is 5.10 Å². The summed E-state index contributed by atoms with van der Waals surface area (Å²) in [4.78, 5) is 14.5. The third-order valence-corrected chi connectivity index (χ3v) is 4.07. The van der Waals surface area contributed by atoms with Crippen LogP contribution in [-0.2, 0) is 11.2 Å². The molecule has 2 aromatic rings. The first-order valence-electron chi connectivity index (χ1n) is 6.98. The summed E-state index contributed by atoms with van der Waals surface area (Å²) in [6.45, 7) is 2.21. The van der Waals surface area contributed by atoms with Gasteiger partial charge in [-0.1, -0.05) is 29.8 Å². The Hall–Kier alpha value is -1.27. The molecule has 1 saturated heterocycles. The zero-order chi connectivity index (χ0) is 14.7. The van der Waals surface area contributed by atoms with E-state index in [0.29, 0.717) is 18.0 Å². The van der Waals surface area contributed by atoms with E-state index in [4.69, 9.17) is 11.6 Å². The van der Waals surface area contributed by atoms with E-state index in [9.17, 15) is 4.79 Å². The van der Waals surface area contributed by atoms with Crippen molar-refractivity contribution in [3.63, 3.8) is 0 Å². The average molecular weight is 378 g/mol. The monoisotopic (exact) mass is 376 g/mol. The number of piperazine rings is 1. The zero-order valence-corrected chi connectivity index (χ0v) is 14.8. The minimum absolute atomic E-state index is 0. The lowest BCUT2D eigenvalue weighted by Gasteiger charge is -2.37. The van der Waals surface area contributed by atoms with Gasteiger partial charge in [-0.05, 0) is 17.7 Å². The van der Waals surface area contributed by atoms with Gasteiger partial charge >= 0.3 is 0 Å². The first-order chi connectivity index (χ1) is 10.3. The molecule has 1 aromatic carbocycles. The minimum atomic E-state index is -0.0251. The maximum Gasteiger partial charge on any atom is 0.229 e. The summed E-state index contributed by atoms with van der Waals surface area (Å²) in [6, 6.07) is 9.50. The molecular weight excluding hydrogens is 359 g/mol. The molecule has 1 aliphatic heterocycles. The van der Waals surface area contributed by atoms with Crippen LogP contribution in [0.1, 0.15) is 17.3 Å². The van der Waals surface area contributed by atoms with Gasteiger partial charge < -0.3 is 10.2 Å². The topological polar surface area (TPSA) is 61.0 Å². The Labute approximate surface area is 152 Å². The van der Waals surface area contributed by atoms with Gasteiger partial charge in [0.2, 0.25) is 5.91 Å². The fourth-order valence-electron chi connectivity index (χ4n) is 2.67. The number of hydrogen-bond donors (Lipinski definition) is 2. The molecule has 126 valence electrons. The summed E-state index contributed by atoms with van der Waals surface area (Å²) in [7, 11) is 0. The van der Waals surface area contributed by atoms with Crippen molar-refractivity contribution in [1.82, 2.24) is 20.4 Å². The Bertz CT molecular complexity index is 621. The van der Waals surface area contributed by atoms with E-state index >= 15 is 0 Å². The molecule has 1 aromatic heterocycles. The van der Waals surface area contributed by atoms with Crippen molar-refractivity contribution in [3.8, 4) is 0 Å². The van der Waals surface area contributed by atoms with Crippen LogP contribution in [0.3, 0.4) is 0 Å². The van der Waals surface area contributed by atoms with Gasteiger partial charge in [-0.3, -0.25) is 9.89 Å². The highest BCUT2D eigenvalue weighted by atomic mass is 35.5. The van der Waals surface area contributed by atoms with Crippen molar-refractivity contribution in [2.75, 3.05) is 19.6 Å². The molecule has 0 radical (unpaired) electrons. The van der Waals surface area contributed by atoms with Gasteiger partial charge in [-0.15, -0.1) is 24.8 Å². The fourth-order valence-corrected chi connectivity index (χ4v) is 2.94. The van der Waals surface area contributed by atoms with Gasteiger partial charge in [0, 0.05) is 36.5 Å². The Morgan fingerprint density at radius 3 is 2.78 bits per heavy atom. The number of carbonyl (C=O) groups excluding carboxylic acids is 1. The van der Waals surface area contributed by atoms with Crippen LogP contribution in [0.25, 0.3) is 0 Å². The SMILES string of the molecule is Cl.Cl.O=C(Cc1ccn[nH]1)N1CCNCC1c1ccccc1Cl. The Morgan fingerprint density at radius 2 is 2.09 bits per heavy atom. The summed E-state index contributed by atoms with van der Waals surface area (Å²) >= 11 is 6.29. The van der Waals surface area contributed by atoms with Gasteiger partial charge in [0.15, 0.2) is 0 Å². The Balaban J connectivity index is 0.00000132. The van der Waals surface area contributed by atoms with Crippen molar-refractivity contribution >= 4 is 42.3 Å². The third kappa shape index (κ3) is 4.61. The average Bonchev–Trinajstić information content (AvgIpc) is 3.01. The number of rotatable bonds is 3. The quantitative estimate of drug-likeness (QED) is 0.864. The molecule has 0 spiro atoms. The molecule has 2 heterocycles. The lowest BCUT2D eigenvalue weighted by molar-refractivity contribution is -0.133. The van der Waals surface area contributed by atoms with E-state index in [1.54, 1.807) is 6.20 Å². The zero-order valence-electron chi connectivity index (χ0n) is 12.4. The molecule has 5 nitrogen and oxygen atoms in total. The number of amides is 1. The minimum Gasteiger partial charge on any atom is -0.333 e. The van der Waals surface area contributed by atoms with E-state index in [0.717, 1.165) is 24.3 Å². The molecule has 1 atom stereocenters. The third-order valence-electron chi connectivity index (χ3n) is 3.73. The fraction of sp³-hybridized carbons (Fsp3) is 0.333. The second kappa shape index (κ2) is 9.13. The first kappa shape index (κ1) is 19.8. The lowest BCUT2D eigenvalue weighted by atomic mass is 10.0. The second-order valence-corrected chi connectivity index (χ2v) is 5.49. The van der Waals surface area contributed by atoms with Gasteiger partial charge in [0.1, 0.15) is 0 Å². The molecule has 23 heavy (non-hydrogen) atoms. The smallest absolute Gasteiger partial charge is 0.229 e. The van der Waals surface area contributed by atoms with Gasteiger partial charge in [0.05, 0.1) is 12.5 Å². The number of halogens is 3. The van der Waals surface area contributed by atoms with Crippen molar-refractivity contribution in [2.24, 2.45) is 0 Å². The summed E-state index contributed by atoms with van der Waals surface area (Å²) in [5.41, 5.74) is 1.82. The standard InChI is InChI=1S/C15H17ClN4O.2ClH/c16-13-4-2-1-3-12(13)14-10-17-7-8-20(14)15(21)9-11-5-6-18-19-11;;/h1-6,14,17H,7-10H2,(H,18,19);2*1H. The van der Waals surface area contributed by atoms with Crippen LogP contribution in [0.4, 0.5) is 0 Å². The highest BCUT2D eigenvalue weighted by Gasteiger charge is 2.29. The molecule has 1 amide bonds. The summed E-state index contributed by atoms with van der Waals surface area (Å²) in [5.74, 6) is 0.0886. The molecule has 1 unspecified atom stereocenters. The second-order valence-electron chi connectivity index (χ2n) is 5.09. The Morgan fingerprint density at radius 1 is 1.30 bits per heavy atom. The number of carbonyl (C=O) groups is 1. The van der Waals surface area contributed by atoms with Gasteiger partial charge in [-0.25, -0.2) is 0 Å². The number of hydrogen-bond acceptors (Lipinski definition) is 3. The van der Waals surface area contributed by atoms with E-state index in [-0.39, 0.29) is 36.8 Å². The van der Waals surface area contributed by atoms with Crippen molar-refractivity contribution < 1.29 is 4.79 Å². The molecule has 0 bridgehead atoms. The molecular formula is C15H19Cl3N4O. The highest BCUT2D eigenvalue weighted by molar-refractivity contribution is 6.31. The highest BCUT2D eigenvalue weighted by Crippen LogP contribution is 2.28. The largest absolute Gasteiger partial charge is 0.333 e. The molecule has 3 rings (SSSR count). The Kier molecular flexibility index (Phi) is 7.85. The predicted octanol–water partition coefficient (Wildman–Crippen LogP) is 2.62. The van der Waals surface area contributed by atoms with Crippen LogP contribution in [0.2, 0.25) is 5.02 Å². The van der Waals surface area contributed by atoms with Gasteiger partial charge in [0.25, 0.3) is 0 Å². The molecule has 2 N–H and O–H groups in total. The van der Waals surface area contributed by atoms with Crippen molar-refractivity contribution in [3.05, 3.63) is 52.8 Å². The molecule has 1 fully saturated rings. The number of aromatic nitrogens is 2. The number of aromatic amines is 1. The molecule has 8 heteroatoms. The van der Waals surface area contributed by atoms with E-state index in [1.165, 1.54) is 0 Å². The van der Waals surface area contributed by atoms with Crippen molar-refractivity contribution in [2.45, 2.75) is 12.5 Å². The molecule has 0 aliphatic carbocycles. The maximum absolute atomic E-state index is 12.6. The van der Waals surface area contributed by atoms with E-state index < -0.39 is 0 Å². The summed E-state index contributed by atoms with van der Waals surface area (Å²) in [6.07, 6.45) is 1.99. The van der Waals surface area contributed by atoms with E-state index in [2.05, 4.69) is 15.5 Å². The summed E-state index contributed by atoms with van der Waals surface area (Å²) in [5, 5.41) is 10.7. The summed E-state index contributed by atoms with van der Waals surface area (Å²) < 4.78 is 0. The normalized spacial score (nSPS) is 17.1. The van der Waals surface area contributed by atoms with Crippen LogP contribution in [0.5, 0.6) is 0 Å². The number of H-pyrrole nitrogens is 1. The number of nitrogens with zero attached hydrogens (tertiary/aromatic N) is 2. The molecule has 0 saturated carbocycles. The van der Waals surface area contributed by atoms with Crippen LogP contribution in [0, 0.1) is 0 Å². The van der Waals surface area contributed by atoms with Crippen molar-refractivity contribution in [1.29, 1.82) is 0 Å². The van der Waals surface area contributed by atoms with Crippen LogP contribution in [-0.4, -0.2) is 40.6 Å². The van der Waals surface area contributed by atoms with Crippen LogP contribution < -0.4 is 5.32 Å². The number of benzene rings is 1. The lowest BCUT2D eigenvalue weighted by Crippen LogP contribution is -2.49. The van der Waals surface area contributed by atoms with Crippen LogP contribution in [0.15, 0.2) is 36.5 Å². The predicted molar refractivity (Wildman–Crippen MR) is 95.6 cm³/mol. The van der Waals surface area contributed by atoms with Crippen LogP contribution >= 0.6 is 36.4 Å². The maximum atomic E-state index is 12.6. The number of nitrogens with one attached hydrogen (secondary N) is 2. The van der Waals surface area contributed by atoms with E-state index in [1.807, 2.05) is 35.2 Å². The molecule has 1 aliphatic rings. The first-order valence-corrected chi connectivity index (χ1v) is 7.36.